The lowest BCUT2D eigenvalue weighted by molar-refractivity contribution is -0.174. The second kappa shape index (κ2) is 8.60. The number of carbonyl (C=O) groups excluding carboxylic acids is 1. The number of rotatable bonds is 11. The number of aliphatic carboxylic acids is 3. The van der Waals surface area contributed by atoms with E-state index in [1.807, 2.05) is 0 Å². The van der Waals surface area contributed by atoms with Gasteiger partial charge in [-0.15, -0.1) is 0 Å². The number of aliphatic hydroxyl groups is 1. The zero-order valence-corrected chi connectivity index (χ0v) is 12.0. The topological polar surface area (TPSA) is 158 Å². The normalized spacial score (nSPS) is 15.0. The molecule has 10 heteroatoms. The predicted octanol–water partition coefficient (Wildman–Crippen LogP) is -0.931. The molecule has 0 aromatic heterocycles. The van der Waals surface area contributed by atoms with Gasteiger partial charge in [-0.25, -0.2) is 9.59 Å². The molecule has 2 atom stereocenters. The molecule has 4 N–H and O–H groups in total. The van der Waals surface area contributed by atoms with Gasteiger partial charge in [-0.1, -0.05) is 0 Å². The average molecular weight is 324 g/mol. The van der Waals surface area contributed by atoms with Crippen LogP contribution in [-0.4, -0.2) is 74.4 Å². The highest BCUT2D eigenvalue weighted by Crippen LogP contribution is 2.14. The summed E-state index contributed by atoms with van der Waals surface area (Å²) >= 11 is 1.35. The minimum atomic E-state index is -3.14. The number of ether oxygens (including phenoxy) is 1. The first-order valence-electron chi connectivity index (χ1n) is 5.69. The Hall–Kier alpha value is -1.65. The monoisotopic (exact) mass is 324 g/mol. The van der Waals surface area contributed by atoms with Gasteiger partial charge in [-0.3, -0.25) is 9.59 Å². The van der Waals surface area contributed by atoms with Crippen molar-refractivity contribution in [3.63, 3.8) is 0 Å². The molecule has 0 aromatic carbocycles. The van der Waals surface area contributed by atoms with Crippen molar-refractivity contribution in [2.45, 2.75) is 24.5 Å². The van der Waals surface area contributed by atoms with E-state index in [0.717, 1.165) is 0 Å². The number of ketones is 1. The van der Waals surface area contributed by atoms with Crippen LogP contribution < -0.4 is 0 Å². The third kappa shape index (κ3) is 6.10. The standard InChI is InChI=1S/C11H16O9S/c1-21-3-2-6(9(15)16)20-5-7(12)11(19,10(17)18)4-8(13)14/h6,19H,2-5H2,1H3,(H,13,14)(H,15,16)(H,17,18). The Kier molecular flexibility index (Phi) is 7.92. The Balaban J connectivity index is 4.79. The molecule has 0 aliphatic rings. The van der Waals surface area contributed by atoms with Gasteiger partial charge in [-0.05, 0) is 18.4 Å². The van der Waals surface area contributed by atoms with Crippen molar-refractivity contribution < 1.29 is 44.3 Å². The first-order valence-corrected chi connectivity index (χ1v) is 7.08. The molecule has 0 saturated carbocycles. The summed E-state index contributed by atoms with van der Waals surface area (Å²) in [5.41, 5.74) is -3.14. The van der Waals surface area contributed by atoms with Crippen molar-refractivity contribution in [2.75, 3.05) is 18.6 Å². The van der Waals surface area contributed by atoms with Crippen molar-refractivity contribution in [1.82, 2.24) is 0 Å². The van der Waals surface area contributed by atoms with Crippen LogP contribution in [0.2, 0.25) is 0 Å². The fourth-order valence-corrected chi connectivity index (χ4v) is 1.76. The van der Waals surface area contributed by atoms with E-state index in [1.54, 1.807) is 6.26 Å². The van der Waals surface area contributed by atoms with Crippen molar-refractivity contribution in [2.24, 2.45) is 0 Å². The zero-order valence-electron chi connectivity index (χ0n) is 11.1. The molecule has 9 nitrogen and oxygen atoms in total. The van der Waals surface area contributed by atoms with Gasteiger partial charge < -0.3 is 25.2 Å². The third-order valence-corrected chi connectivity index (χ3v) is 3.14. The Morgan fingerprint density at radius 3 is 2.14 bits per heavy atom. The van der Waals surface area contributed by atoms with Gasteiger partial charge in [-0.2, -0.15) is 11.8 Å². The highest BCUT2D eigenvalue weighted by molar-refractivity contribution is 7.98. The number of carboxylic acids is 3. The largest absolute Gasteiger partial charge is 0.481 e. The molecule has 0 radical (unpaired) electrons. The minimum absolute atomic E-state index is 0.0776. The number of carboxylic acid groups (broad SMARTS) is 3. The van der Waals surface area contributed by atoms with Crippen LogP contribution in [0.4, 0.5) is 0 Å². The van der Waals surface area contributed by atoms with E-state index in [0.29, 0.717) is 5.75 Å². The summed E-state index contributed by atoms with van der Waals surface area (Å²) in [5, 5.41) is 35.7. The Morgan fingerprint density at radius 1 is 1.19 bits per heavy atom. The van der Waals surface area contributed by atoms with E-state index in [9.17, 15) is 24.3 Å². The summed E-state index contributed by atoms with van der Waals surface area (Å²) in [4.78, 5) is 43.8. The fraction of sp³-hybridized carbons (Fsp3) is 0.636. The van der Waals surface area contributed by atoms with Gasteiger partial charge in [0, 0.05) is 0 Å². The van der Waals surface area contributed by atoms with Gasteiger partial charge in [0.05, 0.1) is 6.42 Å². The molecule has 21 heavy (non-hydrogen) atoms. The maximum absolute atomic E-state index is 11.6. The molecule has 0 aromatic rings. The van der Waals surface area contributed by atoms with Crippen LogP contribution in [0.15, 0.2) is 0 Å². The minimum Gasteiger partial charge on any atom is -0.481 e. The molecule has 0 aliphatic heterocycles. The van der Waals surface area contributed by atoms with Crippen molar-refractivity contribution >= 4 is 35.5 Å². The van der Waals surface area contributed by atoms with Crippen molar-refractivity contribution in [3.8, 4) is 0 Å². The maximum atomic E-state index is 11.6. The lowest BCUT2D eigenvalue weighted by Gasteiger charge is -2.21. The van der Waals surface area contributed by atoms with E-state index in [1.165, 1.54) is 11.8 Å². The SMILES string of the molecule is CSCCC(OCC(=O)C(O)(CC(=O)O)C(=O)O)C(=O)O. The van der Waals surface area contributed by atoms with Gasteiger partial charge in [0.2, 0.25) is 11.4 Å². The van der Waals surface area contributed by atoms with E-state index < -0.39 is 48.4 Å². The molecular formula is C11H16O9S. The molecule has 0 amide bonds. The molecule has 0 saturated heterocycles. The van der Waals surface area contributed by atoms with E-state index in [4.69, 9.17) is 20.1 Å². The van der Waals surface area contributed by atoms with E-state index in [2.05, 4.69) is 0 Å². The summed E-state index contributed by atoms with van der Waals surface area (Å²) in [6.45, 7) is -1.01. The Morgan fingerprint density at radius 2 is 1.76 bits per heavy atom. The number of Topliss-reactive ketones (excluding diaryl/α,β-unsaturated/α-hetero) is 1. The number of thioether (sulfide) groups is 1. The van der Waals surface area contributed by atoms with Crippen LogP contribution in [0.1, 0.15) is 12.8 Å². The maximum Gasteiger partial charge on any atom is 0.344 e. The van der Waals surface area contributed by atoms with Crippen LogP contribution >= 0.6 is 11.8 Å². The third-order valence-electron chi connectivity index (χ3n) is 2.50. The van der Waals surface area contributed by atoms with E-state index in [-0.39, 0.29) is 6.42 Å². The van der Waals surface area contributed by atoms with E-state index >= 15 is 0 Å². The number of hydrogen-bond acceptors (Lipinski definition) is 7. The fourth-order valence-electron chi connectivity index (χ4n) is 1.31. The van der Waals surface area contributed by atoms with Gasteiger partial charge >= 0.3 is 17.9 Å². The molecule has 0 rings (SSSR count). The Bertz CT molecular complexity index is 422. The van der Waals surface area contributed by atoms with Gasteiger partial charge in [0.15, 0.2) is 6.10 Å². The summed E-state index contributed by atoms with van der Waals surface area (Å²) < 4.78 is 4.77. The summed E-state index contributed by atoms with van der Waals surface area (Å²) in [5.74, 6) is -6.05. The average Bonchev–Trinajstić information content (AvgIpc) is 2.36. The molecule has 0 aliphatic carbocycles. The first kappa shape index (κ1) is 19.4. The van der Waals surface area contributed by atoms with Crippen molar-refractivity contribution in [3.05, 3.63) is 0 Å². The highest BCUT2D eigenvalue weighted by atomic mass is 32.2. The second-order valence-electron chi connectivity index (χ2n) is 4.08. The Labute approximate surface area is 123 Å². The first-order chi connectivity index (χ1) is 9.65. The lowest BCUT2D eigenvalue weighted by atomic mass is 9.95. The smallest absolute Gasteiger partial charge is 0.344 e. The molecule has 0 bridgehead atoms. The predicted molar refractivity (Wildman–Crippen MR) is 70.2 cm³/mol. The molecule has 2 unspecified atom stereocenters. The zero-order chi connectivity index (χ0) is 16.6. The van der Waals surface area contributed by atoms with Gasteiger partial charge in [0.1, 0.15) is 6.61 Å². The molecule has 120 valence electrons. The number of hydrogen-bond donors (Lipinski definition) is 4. The van der Waals surface area contributed by atoms with Crippen LogP contribution in [0, 0.1) is 0 Å². The quantitative estimate of drug-likeness (QED) is 0.350. The summed E-state index contributed by atoms with van der Waals surface area (Å²) in [7, 11) is 0. The summed E-state index contributed by atoms with van der Waals surface area (Å²) in [6.07, 6.45) is -0.870. The van der Waals surface area contributed by atoms with Crippen LogP contribution in [0.5, 0.6) is 0 Å². The number of carbonyl (C=O) groups is 4. The molecule has 0 spiro atoms. The second-order valence-corrected chi connectivity index (χ2v) is 5.06. The van der Waals surface area contributed by atoms with Crippen LogP contribution in [0.25, 0.3) is 0 Å². The van der Waals surface area contributed by atoms with Crippen LogP contribution in [-0.2, 0) is 23.9 Å². The molecular weight excluding hydrogens is 308 g/mol. The highest BCUT2D eigenvalue weighted by Gasteiger charge is 2.46. The molecule has 0 heterocycles. The van der Waals surface area contributed by atoms with Crippen molar-refractivity contribution in [1.29, 1.82) is 0 Å². The van der Waals surface area contributed by atoms with Gasteiger partial charge in [0.25, 0.3) is 0 Å². The molecule has 0 fully saturated rings. The summed E-state index contributed by atoms with van der Waals surface area (Å²) in [6, 6.07) is 0. The van der Waals surface area contributed by atoms with Crippen LogP contribution in [0.3, 0.4) is 0 Å². The lowest BCUT2D eigenvalue weighted by Crippen LogP contribution is -2.50.